The van der Waals surface area contributed by atoms with Crippen molar-refractivity contribution in [3.05, 3.63) is 34.7 Å². The van der Waals surface area contributed by atoms with Gasteiger partial charge in [0.1, 0.15) is 0 Å². The highest BCUT2D eigenvalue weighted by atomic mass is 16.6. The molecule has 0 amide bonds. The lowest BCUT2D eigenvalue weighted by Crippen LogP contribution is -2.07. The maximum absolute atomic E-state index is 11.1. The summed E-state index contributed by atoms with van der Waals surface area (Å²) >= 11 is 0. The van der Waals surface area contributed by atoms with Crippen LogP contribution in [0, 0.1) is 4.91 Å². The number of esters is 1. The Labute approximate surface area is 86.8 Å². The van der Waals surface area contributed by atoms with Crippen molar-refractivity contribution in [3.8, 4) is 0 Å². The van der Waals surface area contributed by atoms with Gasteiger partial charge in [-0.25, -0.2) is 5.21 Å². The van der Waals surface area contributed by atoms with Crippen molar-refractivity contribution in [3.63, 3.8) is 0 Å². The highest BCUT2D eigenvalue weighted by Gasteiger charge is 2.11. The quantitative estimate of drug-likeness (QED) is 0.605. The molecule has 5 nitrogen and oxygen atoms in total. The average Bonchev–Trinajstić information content (AvgIpc) is 2.18. The minimum absolute atomic E-state index is 0.127. The standard InChI is InChI=1S/C10H12NO4/c1-2-15-10(12)7-8-3-5-9(6-4-8)11(13)14/h3-6H,2,7H2,1H3,(H,13,14)/q+1. The predicted octanol–water partition coefficient (Wildman–Crippen LogP) is 1.59. The SMILES string of the molecule is CCOC(=O)Cc1ccc([N+](=O)O)cc1. The Morgan fingerprint density at radius 1 is 1.40 bits per heavy atom. The van der Waals surface area contributed by atoms with Gasteiger partial charge in [0.25, 0.3) is 4.92 Å². The number of ether oxygens (including phenoxy) is 1. The lowest BCUT2D eigenvalue weighted by Gasteiger charge is -2.00. The first-order chi connectivity index (χ1) is 7.13. The molecule has 0 atom stereocenters. The molecule has 0 bridgehead atoms. The second-order valence-electron chi connectivity index (χ2n) is 2.92. The normalized spacial score (nSPS) is 9.67. The van der Waals surface area contributed by atoms with Crippen LogP contribution in [0.3, 0.4) is 0 Å². The van der Waals surface area contributed by atoms with Gasteiger partial charge >= 0.3 is 11.7 Å². The number of carbonyl (C=O) groups is 1. The summed E-state index contributed by atoms with van der Waals surface area (Å²) in [6, 6.07) is 6.05. The van der Waals surface area contributed by atoms with E-state index in [1.54, 1.807) is 19.1 Å². The van der Waals surface area contributed by atoms with Gasteiger partial charge in [0.2, 0.25) is 0 Å². The Morgan fingerprint density at radius 2 is 2.00 bits per heavy atom. The fourth-order valence-electron chi connectivity index (χ4n) is 1.12. The van der Waals surface area contributed by atoms with Gasteiger partial charge in [0.05, 0.1) is 17.9 Å². The number of hydrogen-bond acceptors (Lipinski definition) is 3. The molecule has 0 aliphatic carbocycles. The molecule has 0 saturated heterocycles. The third kappa shape index (κ3) is 3.38. The molecule has 1 aromatic rings. The molecule has 0 heterocycles. The molecule has 0 radical (unpaired) electrons. The molecule has 0 aliphatic rings. The van der Waals surface area contributed by atoms with Crippen LogP contribution in [0.25, 0.3) is 0 Å². The highest BCUT2D eigenvalue weighted by Crippen LogP contribution is 2.11. The van der Waals surface area contributed by atoms with Crippen molar-refractivity contribution in [1.82, 2.24) is 0 Å². The molecule has 0 unspecified atom stereocenters. The number of benzene rings is 1. The molecular formula is C10H12NO4+. The monoisotopic (exact) mass is 210 g/mol. The Hall–Kier alpha value is -1.91. The minimum Gasteiger partial charge on any atom is -0.466 e. The molecule has 1 rings (SSSR count). The van der Waals surface area contributed by atoms with Crippen molar-refractivity contribution in [2.45, 2.75) is 13.3 Å². The van der Waals surface area contributed by atoms with E-state index in [1.807, 2.05) is 0 Å². The van der Waals surface area contributed by atoms with E-state index >= 15 is 0 Å². The molecular weight excluding hydrogens is 198 g/mol. The maximum Gasteiger partial charge on any atom is 0.316 e. The molecule has 80 valence electrons. The summed E-state index contributed by atoms with van der Waals surface area (Å²) in [4.78, 5) is 21.3. The molecule has 1 N–H and O–H groups in total. The fraction of sp³-hybridized carbons (Fsp3) is 0.300. The number of hydrogen-bond donors (Lipinski definition) is 1. The summed E-state index contributed by atoms with van der Waals surface area (Å²) in [5.41, 5.74) is 0.863. The van der Waals surface area contributed by atoms with Crippen molar-refractivity contribution >= 4 is 11.7 Å². The van der Waals surface area contributed by atoms with Gasteiger partial charge in [0.15, 0.2) is 0 Å². The first kappa shape index (κ1) is 11.2. The summed E-state index contributed by atoms with van der Waals surface area (Å²) in [6.07, 6.45) is 0.165. The maximum atomic E-state index is 11.1. The zero-order valence-electron chi connectivity index (χ0n) is 8.34. The van der Waals surface area contributed by atoms with Crippen LogP contribution in [-0.2, 0) is 16.0 Å². The zero-order chi connectivity index (χ0) is 11.3. The second-order valence-corrected chi connectivity index (χ2v) is 2.92. The second kappa shape index (κ2) is 5.09. The first-order valence-corrected chi connectivity index (χ1v) is 4.54. The minimum atomic E-state index is -0.312. The Morgan fingerprint density at radius 3 is 2.47 bits per heavy atom. The van der Waals surface area contributed by atoms with E-state index < -0.39 is 0 Å². The van der Waals surface area contributed by atoms with E-state index in [0.29, 0.717) is 6.61 Å². The molecule has 1 aromatic carbocycles. The van der Waals surface area contributed by atoms with Gasteiger partial charge in [-0.1, -0.05) is 12.1 Å². The lowest BCUT2D eigenvalue weighted by molar-refractivity contribution is -0.729. The smallest absolute Gasteiger partial charge is 0.316 e. The summed E-state index contributed by atoms with van der Waals surface area (Å²) in [5, 5.41) is 8.57. The van der Waals surface area contributed by atoms with Gasteiger partial charge in [-0.3, -0.25) is 4.79 Å². The van der Waals surface area contributed by atoms with Crippen LogP contribution in [0.4, 0.5) is 5.69 Å². The molecule has 0 fully saturated rings. The molecule has 5 heteroatoms. The predicted molar refractivity (Wildman–Crippen MR) is 51.9 cm³/mol. The van der Waals surface area contributed by atoms with Gasteiger partial charge < -0.3 is 4.74 Å². The van der Waals surface area contributed by atoms with Gasteiger partial charge in [-0.2, -0.15) is 0 Å². The summed E-state index contributed by atoms with van der Waals surface area (Å²) in [6.45, 7) is 2.09. The van der Waals surface area contributed by atoms with Crippen LogP contribution < -0.4 is 0 Å². The topological polar surface area (TPSA) is 66.6 Å². The van der Waals surface area contributed by atoms with E-state index in [4.69, 9.17) is 9.94 Å². The van der Waals surface area contributed by atoms with E-state index in [1.165, 1.54) is 12.1 Å². The largest absolute Gasteiger partial charge is 0.466 e. The molecule has 0 spiro atoms. The van der Waals surface area contributed by atoms with Crippen molar-refractivity contribution in [1.29, 1.82) is 0 Å². The van der Waals surface area contributed by atoms with Crippen LogP contribution in [0.15, 0.2) is 24.3 Å². The Balaban J connectivity index is 2.64. The van der Waals surface area contributed by atoms with Gasteiger partial charge in [-0.05, 0) is 12.5 Å². The summed E-state index contributed by atoms with van der Waals surface area (Å²) < 4.78 is 4.76. The Kier molecular flexibility index (Phi) is 3.79. The lowest BCUT2D eigenvalue weighted by atomic mass is 10.1. The van der Waals surface area contributed by atoms with Gasteiger partial charge in [0, 0.05) is 12.1 Å². The van der Waals surface area contributed by atoms with Crippen LogP contribution in [0.1, 0.15) is 12.5 Å². The van der Waals surface area contributed by atoms with E-state index in [9.17, 15) is 9.70 Å². The number of carbonyl (C=O) groups excluding carboxylic acids is 1. The molecule has 0 aromatic heterocycles. The van der Waals surface area contributed by atoms with E-state index in [2.05, 4.69) is 0 Å². The van der Waals surface area contributed by atoms with Crippen LogP contribution in [0.5, 0.6) is 0 Å². The van der Waals surface area contributed by atoms with Crippen molar-refractivity contribution in [2.75, 3.05) is 6.61 Å². The number of rotatable bonds is 4. The first-order valence-electron chi connectivity index (χ1n) is 4.54. The van der Waals surface area contributed by atoms with E-state index in [-0.39, 0.29) is 23.0 Å². The molecule has 0 aliphatic heterocycles. The summed E-state index contributed by atoms with van der Waals surface area (Å²) in [7, 11) is 0. The fourth-order valence-corrected chi connectivity index (χ4v) is 1.12. The summed E-state index contributed by atoms with van der Waals surface area (Å²) in [5.74, 6) is -0.312. The average molecular weight is 210 g/mol. The third-order valence-electron chi connectivity index (χ3n) is 1.81. The highest BCUT2D eigenvalue weighted by molar-refractivity contribution is 5.72. The van der Waals surface area contributed by atoms with Crippen LogP contribution >= 0.6 is 0 Å². The molecule has 0 saturated carbocycles. The van der Waals surface area contributed by atoms with Gasteiger partial charge in [-0.15, -0.1) is 0 Å². The van der Waals surface area contributed by atoms with Crippen LogP contribution in [-0.4, -0.2) is 22.7 Å². The molecule has 15 heavy (non-hydrogen) atoms. The zero-order valence-corrected chi connectivity index (χ0v) is 8.34. The number of nitrogens with zero attached hydrogens (tertiary/aromatic N) is 1. The van der Waals surface area contributed by atoms with E-state index in [0.717, 1.165) is 5.56 Å². The Bertz CT molecular complexity index is 358. The van der Waals surface area contributed by atoms with Crippen molar-refractivity contribution in [2.24, 2.45) is 0 Å². The third-order valence-corrected chi connectivity index (χ3v) is 1.81. The van der Waals surface area contributed by atoms with Crippen molar-refractivity contribution < 1.29 is 19.7 Å². The van der Waals surface area contributed by atoms with Crippen LogP contribution in [0.2, 0.25) is 0 Å².